The summed E-state index contributed by atoms with van der Waals surface area (Å²) in [6, 6.07) is 8.10. The van der Waals surface area contributed by atoms with Crippen LogP contribution >= 0.6 is 0 Å². The first-order valence-electron chi connectivity index (χ1n) is 4.95. The molecule has 15 heavy (non-hydrogen) atoms. The van der Waals surface area contributed by atoms with E-state index in [2.05, 4.69) is 27.3 Å². The monoisotopic (exact) mass is 203 g/mol. The highest BCUT2D eigenvalue weighted by Gasteiger charge is 2.01. The van der Waals surface area contributed by atoms with Gasteiger partial charge in [0.2, 0.25) is 0 Å². The van der Waals surface area contributed by atoms with E-state index in [9.17, 15) is 0 Å². The molecule has 2 N–H and O–H groups in total. The zero-order chi connectivity index (χ0) is 10.5. The number of H-pyrrole nitrogens is 1. The highest BCUT2D eigenvalue weighted by Crippen LogP contribution is 2.16. The number of nitrogens with one attached hydrogen (secondary N) is 1. The van der Waals surface area contributed by atoms with Gasteiger partial charge in [-0.25, -0.2) is 4.98 Å². The van der Waals surface area contributed by atoms with E-state index in [1.807, 2.05) is 12.1 Å². The van der Waals surface area contributed by atoms with Crippen molar-refractivity contribution in [3.8, 4) is 11.4 Å². The molecular weight excluding hydrogens is 190 g/mol. The van der Waals surface area contributed by atoms with Crippen LogP contribution in [0.5, 0.6) is 0 Å². The SMILES string of the molecule is OCCCc1cccc(-c2ncn[nH]2)c1. The molecule has 0 amide bonds. The molecule has 4 heteroatoms. The number of benzene rings is 1. The van der Waals surface area contributed by atoms with Gasteiger partial charge in [-0.05, 0) is 24.5 Å². The van der Waals surface area contributed by atoms with Gasteiger partial charge in [-0.2, -0.15) is 5.10 Å². The molecule has 78 valence electrons. The molecule has 1 heterocycles. The Morgan fingerprint density at radius 3 is 3.00 bits per heavy atom. The van der Waals surface area contributed by atoms with Gasteiger partial charge in [0, 0.05) is 12.2 Å². The van der Waals surface area contributed by atoms with Crippen LogP contribution in [0.3, 0.4) is 0 Å². The number of aliphatic hydroxyl groups excluding tert-OH is 1. The standard InChI is InChI=1S/C11H13N3O/c15-6-2-4-9-3-1-5-10(7-9)11-12-8-13-14-11/h1,3,5,7-8,15H,2,4,6H2,(H,12,13,14). The fourth-order valence-electron chi connectivity index (χ4n) is 1.50. The van der Waals surface area contributed by atoms with Crippen molar-refractivity contribution in [2.24, 2.45) is 0 Å². The zero-order valence-corrected chi connectivity index (χ0v) is 8.35. The summed E-state index contributed by atoms with van der Waals surface area (Å²) in [6.07, 6.45) is 3.17. The van der Waals surface area contributed by atoms with Gasteiger partial charge in [-0.3, -0.25) is 5.10 Å². The van der Waals surface area contributed by atoms with Crippen LogP contribution in [0.2, 0.25) is 0 Å². The number of nitrogens with zero attached hydrogens (tertiary/aromatic N) is 2. The van der Waals surface area contributed by atoms with Crippen molar-refractivity contribution < 1.29 is 5.11 Å². The molecule has 0 aliphatic rings. The van der Waals surface area contributed by atoms with Crippen molar-refractivity contribution in [1.82, 2.24) is 15.2 Å². The maximum Gasteiger partial charge on any atom is 0.155 e. The number of aromatic nitrogens is 3. The van der Waals surface area contributed by atoms with Gasteiger partial charge in [-0.15, -0.1) is 0 Å². The Labute approximate surface area is 88.0 Å². The van der Waals surface area contributed by atoms with Crippen LogP contribution in [0.15, 0.2) is 30.6 Å². The van der Waals surface area contributed by atoms with Crippen LogP contribution in [0.25, 0.3) is 11.4 Å². The molecule has 0 saturated carbocycles. The van der Waals surface area contributed by atoms with Gasteiger partial charge in [0.15, 0.2) is 5.82 Å². The predicted octanol–water partition coefficient (Wildman–Crippen LogP) is 1.40. The zero-order valence-electron chi connectivity index (χ0n) is 8.35. The van der Waals surface area contributed by atoms with E-state index in [1.54, 1.807) is 0 Å². The highest BCUT2D eigenvalue weighted by molar-refractivity contribution is 5.55. The van der Waals surface area contributed by atoms with Gasteiger partial charge in [0.1, 0.15) is 6.33 Å². The smallest absolute Gasteiger partial charge is 0.155 e. The minimum Gasteiger partial charge on any atom is -0.396 e. The van der Waals surface area contributed by atoms with Crippen molar-refractivity contribution in [1.29, 1.82) is 0 Å². The molecular formula is C11H13N3O. The Morgan fingerprint density at radius 2 is 2.27 bits per heavy atom. The topological polar surface area (TPSA) is 61.8 Å². The fraction of sp³-hybridized carbons (Fsp3) is 0.273. The van der Waals surface area contributed by atoms with E-state index in [-0.39, 0.29) is 6.61 Å². The average Bonchev–Trinajstić information content (AvgIpc) is 2.80. The van der Waals surface area contributed by atoms with E-state index < -0.39 is 0 Å². The van der Waals surface area contributed by atoms with E-state index in [1.165, 1.54) is 11.9 Å². The van der Waals surface area contributed by atoms with Crippen molar-refractivity contribution in [2.75, 3.05) is 6.61 Å². The third-order valence-corrected chi connectivity index (χ3v) is 2.24. The molecule has 4 nitrogen and oxygen atoms in total. The summed E-state index contributed by atoms with van der Waals surface area (Å²) in [4.78, 5) is 4.09. The van der Waals surface area contributed by atoms with Gasteiger partial charge in [0.25, 0.3) is 0 Å². The lowest BCUT2D eigenvalue weighted by Crippen LogP contribution is -1.90. The van der Waals surface area contributed by atoms with E-state index in [4.69, 9.17) is 5.11 Å². The summed E-state index contributed by atoms with van der Waals surface area (Å²) in [5.74, 6) is 0.779. The molecule has 0 saturated heterocycles. The molecule has 1 aromatic heterocycles. The van der Waals surface area contributed by atoms with Gasteiger partial charge in [-0.1, -0.05) is 18.2 Å². The quantitative estimate of drug-likeness (QED) is 0.789. The summed E-state index contributed by atoms with van der Waals surface area (Å²) >= 11 is 0. The predicted molar refractivity (Wildman–Crippen MR) is 57.2 cm³/mol. The second-order valence-corrected chi connectivity index (χ2v) is 3.36. The number of hydrogen-bond acceptors (Lipinski definition) is 3. The van der Waals surface area contributed by atoms with Gasteiger partial charge < -0.3 is 5.11 Å². The molecule has 0 unspecified atom stereocenters. The Balaban J connectivity index is 2.19. The molecule has 0 fully saturated rings. The molecule has 1 aromatic carbocycles. The second-order valence-electron chi connectivity index (χ2n) is 3.36. The lowest BCUT2D eigenvalue weighted by atomic mass is 10.1. The van der Waals surface area contributed by atoms with Crippen molar-refractivity contribution in [3.63, 3.8) is 0 Å². The van der Waals surface area contributed by atoms with E-state index >= 15 is 0 Å². The van der Waals surface area contributed by atoms with Crippen molar-refractivity contribution in [3.05, 3.63) is 36.2 Å². The summed E-state index contributed by atoms with van der Waals surface area (Å²) in [7, 11) is 0. The molecule has 2 aromatic rings. The van der Waals surface area contributed by atoms with Crippen molar-refractivity contribution in [2.45, 2.75) is 12.8 Å². The number of aliphatic hydroxyl groups is 1. The molecule has 0 bridgehead atoms. The third kappa shape index (κ3) is 2.41. The number of hydrogen-bond donors (Lipinski definition) is 2. The molecule has 0 aliphatic heterocycles. The summed E-state index contributed by atoms with van der Waals surface area (Å²) in [6.45, 7) is 0.229. The Bertz CT molecular complexity index is 412. The number of aromatic amines is 1. The van der Waals surface area contributed by atoms with Crippen LogP contribution in [-0.2, 0) is 6.42 Å². The first kappa shape index (κ1) is 9.86. The Hall–Kier alpha value is -1.68. The molecule has 0 aliphatic carbocycles. The molecule has 0 spiro atoms. The maximum atomic E-state index is 8.75. The van der Waals surface area contributed by atoms with Crippen LogP contribution in [0, 0.1) is 0 Å². The van der Waals surface area contributed by atoms with Crippen LogP contribution < -0.4 is 0 Å². The van der Waals surface area contributed by atoms with Gasteiger partial charge in [0.05, 0.1) is 0 Å². The molecule has 0 atom stereocenters. The number of aryl methyl sites for hydroxylation is 1. The second kappa shape index (κ2) is 4.70. The Kier molecular flexibility index (Phi) is 3.09. The highest BCUT2D eigenvalue weighted by atomic mass is 16.2. The number of rotatable bonds is 4. The largest absolute Gasteiger partial charge is 0.396 e. The normalized spacial score (nSPS) is 10.5. The van der Waals surface area contributed by atoms with Crippen LogP contribution in [0.1, 0.15) is 12.0 Å². The minimum absolute atomic E-state index is 0.229. The fourth-order valence-corrected chi connectivity index (χ4v) is 1.50. The third-order valence-electron chi connectivity index (χ3n) is 2.24. The van der Waals surface area contributed by atoms with Crippen LogP contribution in [-0.4, -0.2) is 26.9 Å². The van der Waals surface area contributed by atoms with E-state index in [0.717, 1.165) is 24.2 Å². The summed E-state index contributed by atoms with van der Waals surface area (Å²) < 4.78 is 0. The van der Waals surface area contributed by atoms with E-state index in [0.29, 0.717) is 0 Å². The molecule has 2 rings (SSSR count). The molecule has 0 radical (unpaired) electrons. The minimum atomic E-state index is 0.229. The van der Waals surface area contributed by atoms with Crippen LogP contribution in [0.4, 0.5) is 0 Å². The Morgan fingerprint density at radius 1 is 1.33 bits per heavy atom. The van der Waals surface area contributed by atoms with Crippen molar-refractivity contribution >= 4 is 0 Å². The summed E-state index contributed by atoms with van der Waals surface area (Å²) in [5.41, 5.74) is 2.24. The lowest BCUT2D eigenvalue weighted by Gasteiger charge is -2.01. The first-order chi connectivity index (χ1) is 7.40. The lowest BCUT2D eigenvalue weighted by molar-refractivity contribution is 0.288. The van der Waals surface area contributed by atoms with Gasteiger partial charge >= 0.3 is 0 Å². The first-order valence-corrected chi connectivity index (χ1v) is 4.95. The maximum absolute atomic E-state index is 8.75. The average molecular weight is 203 g/mol. The summed E-state index contributed by atoms with van der Waals surface area (Å²) in [5, 5.41) is 15.4.